The summed E-state index contributed by atoms with van der Waals surface area (Å²) in [5.74, 6) is 0. The molecule has 0 amide bonds. The Balaban J connectivity index is 2.52. The topological polar surface area (TPSA) is 26.0 Å². The van der Waals surface area contributed by atoms with Crippen LogP contribution in [0, 0.1) is 0 Å². The number of hydrogen-bond acceptors (Lipinski definition) is 1. The molecule has 2 heteroatoms. The molecule has 1 atom stereocenters. The number of nitrogens with two attached hydrogens (primary N) is 1. The van der Waals surface area contributed by atoms with Gasteiger partial charge in [0.25, 0.3) is 0 Å². The van der Waals surface area contributed by atoms with Gasteiger partial charge in [0.2, 0.25) is 0 Å². The number of hydrogen-bond donors (Lipinski definition) is 1. The zero-order chi connectivity index (χ0) is 7.84. The lowest BCUT2D eigenvalue weighted by atomic mass is 10.1. The maximum Gasteiger partial charge on any atom is 0.126 e. The van der Waals surface area contributed by atoms with Gasteiger partial charge in [-0.3, -0.25) is 0 Å². The highest BCUT2D eigenvalue weighted by atomic mass is 19.1. The minimum atomic E-state index is -0.784. The zero-order valence-corrected chi connectivity index (χ0v) is 6.18. The van der Waals surface area contributed by atoms with Crippen molar-refractivity contribution >= 4 is 5.69 Å². The molecule has 2 N–H and O–H groups in total. The zero-order valence-electron chi connectivity index (χ0n) is 6.18. The summed E-state index contributed by atoms with van der Waals surface area (Å²) in [5.41, 5.74) is 8.10. The summed E-state index contributed by atoms with van der Waals surface area (Å²) in [5, 5.41) is 0. The number of fused-ring (bicyclic) bond motifs is 1. The Morgan fingerprint density at radius 1 is 1.45 bits per heavy atom. The van der Waals surface area contributed by atoms with Crippen molar-refractivity contribution in [2.24, 2.45) is 0 Å². The molecule has 1 unspecified atom stereocenters. The first kappa shape index (κ1) is 6.65. The van der Waals surface area contributed by atoms with E-state index in [2.05, 4.69) is 0 Å². The summed E-state index contributed by atoms with van der Waals surface area (Å²) in [7, 11) is 0. The van der Waals surface area contributed by atoms with Crippen molar-refractivity contribution in [2.45, 2.75) is 19.0 Å². The molecular formula is C9H10FN. The Morgan fingerprint density at radius 2 is 2.27 bits per heavy atom. The first-order valence-electron chi connectivity index (χ1n) is 3.80. The summed E-state index contributed by atoms with van der Waals surface area (Å²) in [6.07, 6.45) is 0.698. The van der Waals surface area contributed by atoms with Crippen LogP contribution < -0.4 is 5.73 Å². The molecule has 1 aromatic carbocycles. The SMILES string of the molecule is Nc1ccc2c(c1)C(F)CC2. The lowest BCUT2D eigenvalue weighted by molar-refractivity contribution is 0.344. The fourth-order valence-corrected chi connectivity index (χ4v) is 1.57. The smallest absolute Gasteiger partial charge is 0.126 e. The quantitative estimate of drug-likeness (QED) is 0.565. The van der Waals surface area contributed by atoms with Crippen LogP contribution in [0.2, 0.25) is 0 Å². The van der Waals surface area contributed by atoms with E-state index in [0.717, 1.165) is 17.5 Å². The van der Waals surface area contributed by atoms with Crippen LogP contribution in [0.15, 0.2) is 18.2 Å². The molecule has 0 bridgehead atoms. The van der Waals surface area contributed by atoms with Gasteiger partial charge in [0.1, 0.15) is 6.17 Å². The van der Waals surface area contributed by atoms with Crippen LogP contribution >= 0.6 is 0 Å². The third-order valence-corrected chi connectivity index (χ3v) is 2.17. The second kappa shape index (κ2) is 2.22. The van der Waals surface area contributed by atoms with E-state index in [0.29, 0.717) is 12.1 Å². The standard InChI is InChI=1S/C9H10FN/c10-9-4-2-6-1-3-7(11)5-8(6)9/h1,3,5,9H,2,4,11H2. The van der Waals surface area contributed by atoms with Crippen molar-refractivity contribution in [2.75, 3.05) is 5.73 Å². The summed E-state index contributed by atoms with van der Waals surface area (Å²) in [4.78, 5) is 0. The molecule has 0 fully saturated rings. The molecule has 0 radical (unpaired) electrons. The van der Waals surface area contributed by atoms with Crippen molar-refractivity contribution < 1.29 is 4.39 Å². The molecule has 0 heterocycles. The molecule has 2 rings (SSSR count). The van der Waals surface area contributed by atoms with Gasteiger partial charge in [-0.15, -0.1) is 0 Å². The number of halogens is 1. The fraction of sp³-hybridized carbons (Fsp3) is 0.333. The number of alkyl halides is 1. The van der Waals surface area contributed by atoms with Crippen molar-refractivity contribution in [1.82, 2.24) is 0 Å². The van der Waals surface area contributed by atoms with Crippen LogP contribution in [-0.2, 0) is 6.42 Å². The average Bonchev–Trinajstić information content (AvgIpc) is 2.33. The number of nitrogen functional groups attached to an aromatic ring is 1. The van der Waals surface area contributed by atoms with Gasteiger partial charge in [-0.1, -0.05) is 6.07 Å². The van der Waals surface area contributed by atoms with Crippen LogP contribution in [0.4, 0.5) is 10.1 Å². The van der Waals surface area contributed by atoms with Crippen LogP contribution in [0.3, 0.4) is 0 Å². The molecule has 1 nitrogen and oxygen atoms in total. The number of aryl methyl sites for hydroxylation is 1. The Labute approximate surface area is 65.0 Å². The van der Waals surface area contributed by atoms with Gasteiger partial charge in [-0.2, -0.15) is 0 Å². The van der Waals surface area contributed by atoms with E-state index in [9.17, 15) is 4.39 Å². The maximum atomic E-state index is 13.0. The molecular weight excluding hydrogens is 141 g/mol. The van der Waals surface area contributed by atoms with E-state index < -0.39 is 6.17 Å². The van der Waals surface area contributed by atoms with E-state index >= 15 is 0 Å². The minimum Gasteiger partial charge on any atom is -0.399 e. The molecule has 0 saturated carbocycles. The normalized spacial score (nSPS) is 21.7. The summed E-state index contributed by atoms with van der Waals surface area (Å²) in [6.45, 7) is 0. The van der Waals surface area contributed by atoms with Crippen LogP contribution in [0.1, 0.15) is 23.7 Å². The molecule has 0 saturated heterocycles. The third-order valence-electron chi connectivity index (χ3n) is 2.17. The molecule has 0 aromatic heterocycles. The number of rotatable bonds is 0. The Hall–Kier alpha value is -1.05. The maximum absolute atomic E-state index is 13.0. The lowest BCUT2D eigenvalue weighted by Crippen LogP contribution is -1.89. The summed E-state index contributed by atoms with van der Waals surface area (Å²) < 4.78 is 13.0. The molecule has 11 heavy (non-hydrogen) atoms. The van der Waals surface area contributed by atoms with E-state index in [1.165, 1.54) is 0 Å². The predicted octanol–water partition coefficient (Wildman–Crippen LogP) is 2.23. The van der Waals surface area contributed by atoms with Gasteiger partial charge in [0.15, 0.2) is 0 Å². The van der Waals surface area contributed by atoms with Crippen molar-refractivity contribution in [3.63, 3.8) is 0 Å². The highest BCUT2D eigenvalue weighted by molar-refractivity contribution is 5.47. The second-order valence-electron chi connectivity index (χ2n) is 2.96. The molecule has 1 aromatic rings. The fourth-order valence-electron chi connectivity index (χ4n) is 1.57. The second-order valence-corrected chi connectivity index (χ2v) is 2.96. The van der Waals surface area contributed by atoms with Crippen molar-refractivity contribution in [3.05, 3.63) is 29.3 Å². The Kier molecular flexibility index (Phi) is 1.34. The summed E-state index contributed by atoms with van der Waals surface area (Å²) in [6, 6.07) is 5.49. The van der Waals surface area contributed by atoms with Crippen molar-refractivity contribution in [1.29, 1.82) is 0 Å². The number of benzene rings is 1. The average molecular weight is 151 g/mol. The van der Waals surface area contributed by atoms with E-state index in [1.54, 1.807) is 6.07 Å². The molecule has 1 aliphatic rings. The Bertz CT molecular complexity index is 283. The van der Waals surface area contributed by atoms with E-state index in [1.807, 2.05) is 12.1 Å². The van der Waals surface area contributed by atoms with Crippen LogP contribution in [-0.4, -0.2) is 0 Å². The summed E-state index contributed by atoms with van der Waals surface area (Å²) >= 11 is 0. The molecule has 0 aliphatic heterocycles. The van der Waals surface area contributed by atoms with E-state index in [4.69, 9.17) is 5.73 Å². The molecule has 58 valence electrons. The Morgan fingerprint density at radius 3 is 3.09 bits per heavy atom. The lowest BCUT2D eigenvalue weighted by Gasteiger charge is -2.01. The van der Waals surface area contributed by atoms with Gasteiger partial charge in [-0.25, -0.2) is 4.39 Å². The van der Waals surface area contributed by atoms with Crippen molar-refractivity contribution in [3.8, 4) is 0 Å². The molecule has 0 spiro atoms. The number of anilines is 1. The molecule has 1 aliphatic carbocycles. The minimum absolute atomic E-state index is 0.624. The highest BCUT2D eigenvalue weighted by Crippen LogP contribution is 2.34. The van der Waals surface area contributed by atoms with Gasteiger partial charge < -0.3 is 5.73 Å². The van der Waals surface area contributed by atoms with Gasteiger partial charge in [0.05, 0.1) is 0 Å². The van der Waals surface area contributed by atoms with Crippen LogP contribution in [0.5, 0.6) is 0 Å². The first-order valence-corrected chi connectivity index (χ1v) is 3.80. The van der Waals surface area contributed by atoms with Crippen LogP contribution in [0.25, 0.3) is 0 Å². The van der Waals surface area contributed by atoms with Gasteiger partial charge >= 0.3 is 0 Å². The van der Waals surface area contributed by atoms with Gasteiger partial charge in [-0.05, 0) is 36.1 Å². The monoisotopic (exact) mass is 151 g/mol. The predicted molar refractivity (Wildman–Crippen MR) is 43.0 cm³/mol. The van der Waals surface area contributed by atoms with Gasteiger partial charge in [0, 0.05) is 5.69 Å². The first-order chi connectivity index (χ1) is 5.27. The third kappa shape index (κ3) is 0.985. The highest BCUT2D eigenvalue weighted by Gasteiger charge is 2.21. The van der Waals surface area contributed by atoms with E-state index in [-0.39, 0.29) is 0 Å². The largest absolute Gasteiger partial charge is 0.399 e.